The lowest BCUT2D eigenvalue weighted by atomic mass is 9.90. The molecule has 2 saturated heterocycles. The van der Waals surface area contributed by atoms with Gasteiger partial charge in [-0.3, -0.25) is 28.6 Å². The lowest BCUT2D eigenvalue weighted by molar-refractivity contribution is 0.162. The quantitative estimate of drug-likeness (QED) is 0.124. The number of rotatable bonds is 14. The first-order valence-electron chi connectivity index (χ1n) is 24.8. The maximum absolute atomic E-state index is 10.5. The fraction of sp³-hybridized carbons (Fsp3) is 0.538. The molecule has 0 spiro atoms. The van der Waals surface area contributed by atoms with Crippen LogP contribution in [0.5, 0.6) is 0 Å². The number of aliphatic hydroxyl groups is 2. The summed E-state index contributed by atoms with van der Waals surface area (Å²) in [6, 6.07) is 21.8. The van der Waals surface area contributed by atoms with Crippen LogP contribution in [-0.4, -0.2) is 138 Å². The van der Waals surface area contributed by atoms with E-state index >= 15 is 0 Å². The van der Waals surface area contributed by atoms with Crippen molar-refractivity contribution >= 4 is 22.9 Å². The second-order valence-electron chi connectivity index (χ2n) is 18.9. The summed E-state index contributed by atoms with van der Waals surface area (Å²) in [5.74, 6) is 2.27. The first-order chi connectivity index (χ1) is 32.4. The fourth-order valence-corrected chi connectivity index (χ4v) is 11.0. The predicted octanol–water partition coefficient (Wildman–Crippen LogP) is 6.53. The Hall–Kier alpha value is -4.96. The van der Waals surface area contributed by atoms with Gasteiger partial charge in [-0.2, -0.15) is 0 Å². The van der Waals surface area contributed by atoms with Crippen molar-refractivity contribution in [2.45, 2.75) is 104 Å². The number of pyridine rings is 4. The van der Waals surface area contributed by atoms with Crippen LogP contribution in [0.25, 0.3) is 11.3 Å². The van der Waals surface area contributed by atoms with Gasteiger partial charge in [0.25, 0.3) is 0 Å². The van der Waals surface area contributed by atoms with Gasteiger partial charge in [0.1, 0.15) is 22.9 Å². The average Bonchev–Trinajstić information content (AvgIpc) is 3.91. The number of nitrogens with zero attached hydrogens (tertiary/aromatic N) is 12. The van der Waals surface area contributed by atoms with Gasteiger partial charge in [0, 0.05) is 77.8 Å². The second kappa shape index (κ2) is 21.3. The smallest absolute Gasteiger partial charge is 0.138 e. The van der Waals surface area contributed by atoms with Crippen molar-refractivity contribution in [3.63, 3.8) is 0 Å². The highest BCUT2D eigenvalue weighted by Gasteiger charge is 2.31. The molecule has 14 heteroatoms. The first-order valence-corrected chi connectivity index (χ1v) is 24.8. The number of aromatic nitrogens is 6. The summed E-state index contributed by atoms with van der Waals surface area (Å²) < 4.78 is 4.36. The monoisotopic (exact) mass is 897 g/mol. The van der Waals surface area contributed by atoms with E-state index in [9.17, 15) is 10.2 Å². The Bertz CT molecular complexity index is 2350. The molecular formula is C52H72N12O2. The Morgan fingerprint density at radius 1 is 0.561 bits per heavy atom. The molecule has 0 radical (unpaired) electrons. The molecule has 2 aliphatic heterocycles. The minimum Gasteiger partial charge on any atom is -0.390 e. The van der Waals surface area contributed by atoms with E-state index in [0.29, 0.717) is 12.1 Å². The molecule has 352 valence electrons. The molecule has 2 atom stereocenters. The number of likely N-dealkylation sites (N-methyl/N-ethyl adjacent to an activating group) is 2. The Morgan fingerprint density at radius 3 is 1.38 bits per heavy atom. The molecule has 0 bridgehead atoms. The van der Waals surface area contributed by atoms with Gasteiger partial charge >= 0.3 is 0 Å². The predicted molar refractivity (Wildman–Crippen MR) is 263 cm³/mol. The van der Waals surface area contributed by atoms with Crippen LogP contribution < -0.4 is 9.80 Å². The van der Waals surface area contributed by atoms with Crippen LogP contribution >= 0.6 is 0 Å². The Morgan fingerprint density at radius 2 is 0.985 bits per heavy atom. The molecule has 6 aromatic heterocycles. The zero-order chi connectivity index (χ0) is 45.6. The molecule has 66 heavy (non-hydrogen) atoms. The van der Waals surface area contributed by atoms with E-state index in [1.807, 2.05) is 12.4 Å². The molecule has 10 rings (SSSR count). The summed E-state index contributed by atoms with van der Waals surface area (Å²) in [6.45, 7) is 16.0. The van der Waals surface area contributed by atoms with Crippen LogP contribution in [0.2, 0.25) is 0 Å². The molecule has 6 aromatic rings. The van der Waals surface area contributed by atoms with Crippen molar-refractivity contribution < 1.29 is 10.2 Å². The Kier molecular flexibility index (Phi) is 14.9. The summed E-state index contributed by atoms with van der Waals surface area (Å²) in [5.41, 5.74) is 10.8. The first kappa shape index (κ1) is 46.2. The van der Waals surface area contributed by atoms with E-state index in [-0.39, 0.29) is 13.2 Å². The maximum atomic E-state index is 10.5. The number of hydrogen-bond acceptors (Lipinski definition) is 12. The summed E-state index contributed by atoms with van der Waals surface area (Å²) in [5, 5.41) is 20.9. The van der Waals surface area contributed by atoms with Crippen molar-refractivity contribution in [2.24, 2.45) is 0 Å². The van der Waals surface area contributed by atoms with Crippen molar-refractivity contribution in [3.05, 3.63) is 118 Å². The molecule has 0 amide bonds. The molecule has 0 aromatic carbocycles. The molecule has 2 N–H and O–H groups in total. The largest absolute Gasteiger partial charge is 0.390 e. The molecule has 2 fully saturated rings. The molecule has 0 saturated carbocycles. The highest BCUT2D eigenvalue weighted by Crippen LogP contribution is 2.36. The Labute approximate surface area is 391 Å². The van der Waals surface area contributed by atoms with Gasteiger partial charge in [-0.25, -0.2) is 9.97 Å². The van der Waals surface area contributed by atoms with Gasteiger partial charge in [-0.1, -0.05) is 38.1 Å². The average molecular weight is 897 g/mol. The lowest BCUT2D eigenvalue weighted by Gasteiger charge is -2.35. The Balaban J connectivity index is 0.000000166. The van der Waals surface area contributed by atoms with Crippen LogP contribution in [0.4, 0.5) is 11.6 Å². The molecular weight excluding hydrogens is 825 g/mol. The van der Waals surface area contributed by atoms with Gasteiger partial charge in [0.05, 0.1) is 59.5 Å². The van der Waals surface area contributed by atoms with E-state index in [2.05, 4.69) is 127 Å². The molecule has 0 unspecified atom stereocenters. The minimum absolute atomic E-state index is 0.0132. The summed E-state index contributed by atoms with van der Waals surface area (Å²) in [4.78, 5) is 34.3. The topological polar surface area (TPSA) is 120 Å². The van der Waals surface area contributed by atoms with Gasteiger partial charge in [0.2, 0.25) is 0 Å². The highest BCUT2D eigenvalue weighted by atomic mass is 16.3. The van der Waals surface area contributed by atoms with Crippen molar-refractivity contribution in [3.8, 4) is 0 Å². The summed E-state index contributed by atoms with van der Waals surface area (Å²) >= 11 is 0. The normalized spacial score (nSPS) is 19.4. The zero-order valence-electron chi connectivity index (χ0n) is 39.9. The van der Waals surface area contributed by atoms with E-state index in [0.717, 1.165) is 163 Å². The number of fused-ring (bicyclic) bond motifs is 4. The third kappa shape index (κ3) is 9.72. The third-order valence-corrected chi connectivity index (χ3v) is 14.5. The second-order valence-corrected chi connectivity index (χ2v) is 18.9. The van der Waals surface area contributed by atoms with Gasteiger partial charge in [-0.15, -0.1) is 0 Å². The van der Waals surface area contributed by atoms with Crippen LogP contribution in [0.15, 0.2) is 73.1 Å². The summed E-state index contributed by atoms with van der Waals surface area (Å²) in [6.07, 6.45) is 12.9. The van der Waals surface area contributed by atoms with E-state index in [4.69, 9.17) is 19.9 Å². The van der Waals surface area contributed by atoms with Gasteiger partial charge in [-0.05, 0) is 126 Å². The molecule has 14 nitrogen and oxygen atoms in total. The highest BCUT2D eigenvalue weighted by molar-refractivity contribution is 5.56. The number of imidazole rings is 2. The van der Waals surface area contributed by atoms with Crippen LogP contribution in [0.1, 0.15) is 110 Å². The lowest BCUT2D eigenvalue weighted by Crippen LogP contribution is -2.45. The van der Waals surface area contributed by atoms with Crippen LogP contribution in [-0.2, 0) is 39.1 Å². The van der Waals surface area contributed by atoms with Crippen LogP contribution in [0, 0.1) is 0 Å². The van der Waals surface area contributed by atoms with Gasteiger partial charge in [0.15, 0.2) is 0 Å². The minimum atomic E-state index is -0.0132. The SMILES string of the molecule is CCCN(Cc1nc2cccc(N3CCN(C)CC3)n2c1CO)[C@H]1CCCc2cccnc21.CCCN(Cc1nc2cccc(N3CCN(C)CC3)n2c1CO)[C@H]1CCCc2cccnc21. The van der Waals surface area contributed by atoms with Crippen molar-refractivity contribution in [1.82, 2.24) is 48.3 Å². The maximum Gasteiger partial charge on any atom is 0.138 e. The summed E-state index contributed by atoms with van der Waals surface area (Å²) in [7, 11) is 4.35. The number of anilines is 2. The number of aliphatic hydroxyl groups excluding tert-OH is 2. The third-order valence-electron chi connectivity index (χ3n) is 14.5. The van der Waals surface area contributed by atoms with E-state index in [1.165, 1.54) is 35.4 Å². The van der Waals surface area contributed by atoms with Crippen LogP contribution in [0.3, 0.4) is 0 Å². The van der Waals surface area contributed by atoms with Gasteiger partial charge < -0.3 is 29.8 Å². The number of piperazine rings is 2. The number of aryl methyl sites for hydroxylation is 2. The molecule has 2 aliphatic carbocycles. The molecule has 8 heterocycles. The zero-order valence-corrected chi connectivity index (χ0v) is 39.9. The number of hydrogen-bond donors (Lipinski definition) is 2. The van der Waals surface area contributed by atoms with Crippen molar-refractivity contribution in [2.75, 3.05) is 89.3 Å². The van der Waals surface area contributed by atoms with E-state index < -0.39 is 0 Å². The standard InChI is InChI=1S/2C26H36N6O/c2*1-3-13-31(22-9-4-7-20-8-6-12-27-26(20)22)18-21-23(19-33)32-24(28-21)10-5-11-25(32)30-16-14-29(2)15-17-30/h2*5-6,8,10-12,22,33H,3-4,7,9,13-19H2,1-2H3/t2*22-/m00/s1. The van der Waals surface area contributed by atoms with E-state index in [1.54, 1.807) is 0 Å². The molecule has 4 aliphatic rings. The fourth-order valence-electron chi connectivity index (χ4n) is 11.0. The van der Waals surface area contributed by atoms with Crippen molar-refractivity contribution in [1.29, 1.82) is 0 Å².